The molecule has 2 fully saturated rings. The van der Waals surface area contributed by atoms with Crippen LogP contribution in [0, 0.1) is 0 Å². The highest BCUT2D eigenvalue weighted by Gasteiger charge is 2.50. The lowest BCUT2D eigenvalue weighted by Crippen LogP contribution is -2.54. The van der Waals surface area contributed by atoms with Gasteiger partial charge < -0.3 is 26.0 Å². The molecule has 7 rings (SSSR count). The van der Waals surface area contributed by atoms with Gasteiger partial charge in [0.2, 0.25) is 27.8 Å². The van der Waals surface area contributed by atoms with Gasteiger partial charge in [-0.15, -0.1) is 13.2 Å². The second-order valence-electron chi connectivity index (χ2n) is 12.8. The highest BCUT2D eigenvalue weighted by molar-refractivity contribution is 9.10. The van der Waals surface area contributed by atoms with Gasteiger partial charge >= 0.3 is 6.36 Å². The number of alkyl halides is 3. The van der Waals surface area contributed by atoms with Gasteiger partial charge in [-0.05, 0) is 54.3 Å². The minimum atomic E-state index is -4.96. The molecule has 4 N–H and O–H groups in total. The summed E-state index contributed by atoms with van der Waals surface area (Å²) in [6, 6.07) is 18.0. The Bertz CT molecular complexity index is 2050. The number of hydrogen-bond acceptors (Lipinski definition) is 10. The van der Waals surface area contributed by atoms with Crippen molar-refractivity contribution < 1.29 is 31.1 Å². The molecule has 12 nitrogen and oxygen atoms in total. The Kier molecular flexibility index (Phi) is 9.18. The van der Waals surface area contributed by atoms with E-state index in [1.807, 2.05) is 60.4 Å². The van der Waals surface area contributed by atoms with Crippen molar-refractivity contribution in [2.24, 2.45) is 5.73 Å². The highest BCUT2D eigenvalue weighted by atomic mass is 79.9. The van der Waals surface area contributed by atoms with Crippen LogP contribution < -0.4 is 26.0 Å². The van der Waals surface area contributed by atoms with E-state index in [4.69, 9.17) is 20.7 Å². The summed E-state index contributed by atoms with van der Waals surface area (Å²) < 4.78 is 72.0. The number of aromatic nitrogens is 3. The summed E-state index contributed by atoms with van der Waals surface area (Å²) in [5, 5.41) is 6.32. The maximum Gasteiger partial charge on any atom is 0.573 e. The van der Waals surface area contributed by atoms with Crippen LogP contribution in [-0.4, -0.2) is 77.2 Å². The van der Waals surface area contributed by atoms with Crippen LogP contribution in [0.5, 0.6) is 5.75 Å². The number of nitrogens with zero attached hydrogens (tertiary/aromatic N) is 5. The second-order valence-corrected chi connectivity index (χ2v) is 15.6. The monoisotopic (exact) mass is 786 g/mol. The van der Waals surface area contributed by atoms with Crippen molar-refractivity contribution in [2.75, 3.05) is 29.9 Å². The van der Waals surface area contributed by atoms with Crippen LogP contribution in [0.15, 0.2) is 82.2 Å². The highest BCUT2D eigenvalue weighted by Crippen LogP contribution is 2.39. The molecule has 3 aliphatic rings. The largest absolute Gasteiger partial charge is 0.573 e. The van der Waals surface area contributed by atoms with Gasteiger partial charge in [-0.3, -0.25) is 4.79 Å². The number of piperazine rings is 1. The number of rotatable bonds is 10. The number of likely N-dealkylation sites (N-methyl/N-ethyl adjacent to an activating group) is 1. The summed E-state index contributed by atoms with van der Waals surface area (Å²) in [6.45, 7) is 2.55. The van der Waals surface area contributed by atoms with E-state index >= 15 is 0 Å². The lowest BCUT2D eigenvalue weighted by atomic mass is 9.94. The summed E-state index contributed by atoms with van der Waals surface area (Å²) in [6.07, 6.45) is -3.71. The van der Waals surface area contributed by atoms with E-state index in [1.54, 1.807) is 0 Å². The molecule has 2 aliphatic heterocycles. The molecule has 2 bridgehead atoms. The first kappa shape index (κ1) is 35.1. The maximum absolute atomic E-state index is 13.7. The minimum Gasteiger partial charge on any atom is -0.406 e. The molecular formula is C34H34BrF3N8O4S. The van der Waals surface area contributed by atoms with Gasteiger partial charge in [0, 0.05) is 55.1 Å². The molecule has 0 spiro atoms. The van der Waals surface area contributed by atoms with Crippen LogP contribution in [0.4, 0.5) is 25.1 Å². The SMILES string of the molecule is CCNC(=O)C1(Nc2nc([C@H](N)c3ccc(Br)cc3)nc(N3C[C@@H]4C[C@H]3CN4S(=O)(=O)c3cccc(OC(F)(F)F)c3)n2)Cc2ccccc2C1. The van der Waals surface area contributed by atoms with E-state index in [-0.39, 0.29) is 47.7 Å². The predicted octanol–water partition coefficient (Wildman–Crippen LogP) is 4.32. The lowest BCUT2D eigenvalue weighted by molar-refractivity contribution is -0.274. The average Bonchev–Trinajstić information content (AvgIpc) is 3.81. The molecule has 51 heavy (non-hydrogen) atoms. The van der Waals surface area contributed by atoms with Crippen molar-refractivity contribution in [2.45, 2.75) is 61.1 Å². The number of benzene rings is 3. The van der Waals surface area contributed by atoms with Gasteiger partial charge in [0.1, 0.15) is 11.3 Å². The Morgan fingerprint density at radius 1 is 1.02 bits per heavy atom. The number of nitrogens with one attached hydrogen (secondary N) is 2. The second kappa shape index (κ2) is 13.3. The topological polar surface area (TPSA) is 156 Å². The summed E-state index contributed by atoms with van der Waals surface area (Å²) in [4.78, 5) is 29.6. The Morgan fingerprint density at radius 2 is 1.73 bits per heavy atom. The van der Waals surface area contributed by atoms with Crippen LogP contribution in [0.3, 0.4) is 0 Å². The minimum absolute atomic E-state index is 0.0536. The fraction of sp³-hybridized carbons (Fsp3) is 0.353. The first-order chi connectivity index (χ1) is 24.2. The zero-order chi connectivity index (χ0) is 36.1. The first-order valence-electron chi connectivity index (χ1n) is 16.3. The Hall–Kier alpha value is -4.32. The predicted molar refractivity (Wildman–Crippen MR) is 185 cm³/mol. The van der Waals surface area contributed by atoms with Crippen molar-refractivity contribution in [1.82, 2.24) is 24.6 Å². The van der Waals surface area contributed by atoms with Crippen LogP contribution in [0.25, 0.3) is 0 Å². The fourth-order valence-electron chi connectivity index (χ4n) is 7.12. The third-order valence-corrected chi connectivity index (χ3v) is 11.9. The zero-order valence-corrected chi connectivity index (χ0v) is 29.7. The maximum atomic E-state index is 13.7. The fourth-order valence-corrected chi connectivity index (χ4v) is 9.09. The number of halogens is 4. The van der Waals surface area contributed by atoms with Crippen molar-refractivity contribution >= 4 is 43.8 Å². The summed E-state index contributed by atoms with van der Waals surface area (Å²) in [5.41, 5.74) is 8.45. The Labute approximate surface area is 300 Å². The molecule has 1 aliphatic carbocycles. The smallest absolute Gasteiger partial charge is 0.406 e. The van der Waals surface area contributed by atoms with Crippen molar-refractivity contribution in [3.8, 4) is 5.75 Å². The van der Waals surface area contributed by atoms with Crippen LogP contribution in [-0.2, 0) is 27.7 Å². The molecule has 3 aromatic carbocycles. The molecule has 0 saturated carbocycles. The van der Waals surface area contributed by atoms with Crippen LogP contribution in [0.1, 0.15) is 41.9 Å². The third-order valence-electron chi connectivity index (χ3n) is 9.47. The number of sulfonamides is 1. The van der Waals surface area contributed by atoms with Gasteiger partial charge in [0.15, 0.2) is 5.82 Å². The van der Waals surface area contributed by atoms with E-state index < -0.39 is 39.8 Å². The molecule has 1 amide bonds. The number of carbonyl (C=O) groups excluding carboxylic acids is 1. The molecule has 268 valence electrons. The molecule has 4 aromatic rings. The van der Waals surface area contributed by atoms with Gasteiger partial charge in [0.25, 0.3) is 0 Å². The van der Waals surface area contributed by atoms with Crippen LogP contribution >= 0.6 is 15.9 Å². The quantitative estimate of drug-likeness (QED) is 0.212. The standard InChI is InChI=1S/C34H34BrF3N8O4S/c1-2-40-30(47)33(16-21-6-3-4-7-22(21)17-33)44-31-41-29(28(39)20-10-12-23(35)13-11-20)42-32(43-31)45-18-25-14-24(45)19-46(25)51(48,49)27-9-5-8-26(15-27)50-34(36,37)38/h3-13,15,24-25,28H,2,14,16-19,39H2,1H3,(H,40,47)(H,41,42,43,44)/t24-,25-,28+/m0/s1. The lowest BCUT2D eigenvalue weighted by Gasteiger charge is -2.34. The van der Waals surface area contributed by atoms with Gasteiger partial charge in [-0.2, -0.15) is 19.3 Å². The van der Waals surface area contributed by atoms with E-state index in [2.05, 4.69) is 31.3 Å². The van der Waals surface area contributed by atoms with Gasteiger partial charge in [0.05, 0.1) is 10.9 Å². The molecule has 2 saturated heterocycles. The normalized spacial score (nSPS) is 20.2. The number of anilines is 2. The van der Waals surface area contributed by atoms with Crippen molar-refractivity contribution in [3.63, 3.8) is 0 Å². The van der Waals surface area contributed by atoms with Gasteiger partial charge in [-0.25, -0.2) is 8.42 Å². The number of hydrogen-bond donors (Lipinski definition) is 3. The average molecular weight is 788 g/mol. The molecule has 1 aromatic heterocycles. The molecule has 3 heterocycles. The molecular weight excluding hydrogens is 753 g/mol. The molecule has 0 unspecified atom stereocenters. The van der Waals surface area contributed by atoms with Gasteiger partial charge in [-0.1, -0.05) is 58.4 Å². The number of amides is 1. The Balaban J connectivity index is 1.20. The third kappa shape index (κ3) is 6.99. The van der Waals surface area contributed by atoms with Crippen LogP contribution in [0.2, 0.25) is 0 Å². The van der Waals surface area contributed by atoms with Crippen molar-refractivity contribution in [3.05, 3.63) is 99.8 Å². The first-order valence-corrected chi connectivity index (χ1v) is 18.5. The number of carbonyl (C=O) groups is 1. The summed E-state index contributed by atoms with van der Waals surface area (Å²) in [7, 11) is -4.16. The molecule has 0 radical (unpaired) electrons. The summed E-state index contributed by atoms with van der Waals surface area (Å²) in [5.74, 6) is -0.157. The van der Waals surface area contributed by atoms with E-state index in [0.717, 1.165) is 33.3 Å². The van der Waals surface area contributed by atoms with E-state index in [9.17, 15) is 26.4 Å². The molecule has 3 atom stereocenters. The molecule has 17 heteroatoms. The number of fused-ring (bicyclic) bond motifs is 3. The van der Waals surface area contributed by atoms with E-state index in [0.29, 0.717) is 25.8 Å². The number of ether oxygens (including phenoxy) is 1. The zero-order valence-electron chi connectivity index (χ0n) is 27.3. The number of nitrogens with two attached hydrogens (primary N) is 1. The summed E-state index contributed by atoms with van der Waals surface area (Å²) >= 11 is 3.44. The Morgan fingerprint density at radius 3 is 2.35 bits per heavy atom. The van der Waals surface area contributed by atoms with Crippen molar-refractivity contribution in [1.29, 1.82) is 0 Å². The van der Waals surface area contributed by atoms with E-state index in [1.165, 1.54) is 16.4 Å².